The minimum Gasteiger partial charge on any atom is -0.352 e. The van der Waals surface area contributed by atoms with Crippen molar-refractivity contribution in [2.75, 3.05) is 14.1 Å². The lowest BCUT2D eigenvalue weighted by molar-refractivity contribution is 0.588. The number of guanidine groups is 1. The minimum atomic E-state index is -3.40. The molecule has 140 valence electrons. The lowest BCUT2D eigenvalue weighted by Crippen LogP contribution is -2.36. The zero-order chi connectivity index (χ0) is 19.2. The van der Waals surface area contributed by atoms with E-state index in [9.17, 15) is 8.42 Å². The second-order valence-electron chi connectivity index (χ2n) is 6.06. The van der Waals surface area contributed by atoms with Crippen LogP contribution in [-0.2, 0) is 23.1 Å². The fraction of sp³-hybridized carbons (Fsp3) is 0.316. The van der Waals surface area contributed by atoms with E-state index >= 15 is 0 Å². The maximum Gasteiger partial charge on any atom is 0.240 e. The van der Waals surface area contributed by atoms with Crippen LogP contribution in [0, 0.1) is 13.8 Å². The van der Waals surface area contributed by atoms with Gasteiger partial charge in [0.25, 0.3) is 0 Å². The van der Waals surface area contributed by atoms with E-state index in [1.807, 2.05) is 0 Å². The molecule has 26 heavy (non-hydrogen) atoms. The van der Waals surface area contributed by atoms with Gasteiger partial charge in [-0.2, -0.15) is 0 Å². The monoisotopic (exact) mass is 374 g/mol. The van der Waals surface area contributed by atoms with Gasteiger partial charge in [-0.25, -0.2) is 13.1 Å². The Morgan fingerprint density at radius 1 is 1.00 bits per heavy atom. The first-order valence-corrected chi connectivity index (χ1v) is 9.87. The molecule has 2 aromatic carbocycles. The molecule has 0 fully saturated rings. The average Bonchev–Trinajstić information content (AvgIpc) is 2.63. The highest BCUT2D eigenvalue weighted by Crippen LogP contribution is 2.11. The largest absolute Gasteiger partial charge is 0.352 e. The van der Waals surface area contributed by atoms with E-state index in [4.69, 9.17) is 0 Å². The number of nitrogens with zero attached hydrogens (tertiary/aromatic N) is 1. The van der Waals surface area contributed by atoms with Gasteiger partial charge in [0.15, 0.2) is 5.96 Å². The Bertz CT molecular complexity index is 875. The summed E-state index contributed by atoms with van der Waals surface area (Å²) < 4.78 is 25.8. The molecule has 0 aliphatic rings. The van der Waals surface area contributed by atoms with Crippen LogP contribution in [0.15, 0.2) is 52.4 Å². The number of nitrogens with one attached hydrogen (secondary N) is 3. The smallest absolute Gasteiger partial charge is 0.240 e. The summed E-state index contributed by atoms with van der Waals surface area (Å²) in [4.78, 5) is 4.48. The molecule has 0 bridgehead atoms. The SMILES string of the molecule is CN=C(NCc1ccc(S(=O)(=O)NC)cc1)NCc1ccc(C)cc1C. The molecular formula is C19H26N4O2S. The quantitative estimate of drug-likeness (QED) is 0.534. The zero-order valence-electron chi connectivity index (χ0n) is 15.6. The van der Waals surface area contributed by atoms with E-state index < -0.39 is 10.0 Å². The first kappa shape index (κ1) is 19.9. The van der Waals surface area contributed by atoms with Crippen LogP contribution >= 0.6 is 0 Å². The van der Waals surface area contributed by atoms with Gasteiger partial charge in [0, 0.05) is 20.1 Å². The lowest BCUT2D eigenvalue weighted by atomic mass is 10.1. The first-order chi connectivity index (χ1) is 12.4. The summed E-state index contributed by atoms with van der Waals surface area (Å²) in [6.45, 7) is 5.41. The molecule has 0 saturated heterocycles. The summed E-state index contributed by atoms with van der Waals surface area (Å²) in [6, 6.07) is 13.1. The maximum atomic E-state index is 11.7. The molecule has 0 aliphatic heterocycles. The Labute approximate surface area is 155 Å². The van der Waals surface area contributed by atoms with Crippen molar-refractivity contribution in [1.82, 2.24) is 15.4 Å². The lowest BCUT2D eigenvalue weighted by Gasteiger charge is -2.14. The van der Waals surface area contributed by atoms with Crippen LogP contribution in [0.3, 0.4) is 0 Å². The zero-order valence-corrected chi connectivity index (χ0v) is 16.4. The maximum absolute atomic E-state index is 11.7. The van der Waals surface area contributed by atoms with E-state index in [2.05, 4.69) is 52.4 Å². The van der Waals surface area contributed by atoms with Crippen LogP contribution in [0.2, 0.25) is 0 Å². The number of hydrogen-bond acceptors (Lipinski definition) is 3. The molecule has 0 aliphatic carbocycles. The number of benzene rings is 2. The minimum absolute atomic E-state index is 0.251. The van der Waals surface area contributed by atoms with Crippen molar-refractivity contribution in [1.29, 1.82) is 0 Å². The predicted octanol–water partition coefficient (Wildman–Crippen LogP) is 2.08. The molecule has 0 spiro atoms. The number of sulfonamides is 1. The molecule has 7 heteroatoms. The van der Waals surface area contributed by atoms with Gasteiger partial charge in [-0.15, -0.1) is 0 Å². The van der Waals surface area contributed by atoms with E-state index in [1.165, 1.54) is 23.7 Å². The normalized spacial score (nSPS) is 12.1. The highest BCUT2D eigenvalue weighted by atomic mass is 32.2. The second-order valence-corrected chi connectivity index (χ2v) is 7.95. The van der Waals surface area contributed by atoms with Gasteiger partial charge < -0.3 is 10.6 Å². The molecule has 2 rings (SSSR count). The molecule has 0 atom stereocenters. The van der Waals surface area contributed by atoms with Crippen LogP contribution < -0.4 is 15.4 Å². The van der Waals surface area contributed by atoms with Gasteiger partial charge in [0.1, 0.15) is 0 Å². The number of rotatable bonds is 6. The summed E-state index contributed by atoms with van der Waals surface area (Å²) >= 11 is 0. The van der Waals surface area contributed by atoms with Crippen LogP contribution in [-0.4, -0.2) is 28.5 Å². The van der Waals surface area contributed by atoms with Crippen molar-refractivity contribution in [3.05, 3.63) is 64.7 Å². The predicted molar refractivity (Wildman–Crippen MR) is 106 cm³/mol. The summed E-state index contributed by atoms with van der Waals surface area (Å²) in [5, 5.41) is 6.53. The van der Waals surface area contributed by atoms with Crippen molar-refractivity contribution in [3.63, 3.8) is 0 Å². The van der Waals surface area contributed by atoms with Crippen LogP contribution in [0.1, 0.15) is 22.3 Å². The van der Waals surface area contributed by atoms with Crippen LogP contribution in [0.5, 0.6) is 0 Å². The fourth-order valence-electron chi connectivity index (χ4n) is 2.53. The molecule has 2 aromatic rings. The highest BCUT2D eigenvalue weighted by Gasteiger charge is 2.10. The number of hydrogen-bond donors (Lipinski definition) is 3. The van der Waals surface area contributed by atoms with Gasteiger partial charge in [-0.05, 0) is 49.7 Å². The summed E-state index contributed by atoms with van der Waals surface area (Å²) in [7, 11) is -0.283. The van der Waals surface area contributed by atoms with E-state index in [-0.39, 0.29) is 4.90 Å². The summed E-state index contributed by atoms with van der Waals surface area (Å²) in [5.41, 5.74) is 4.68. The number of aryl methyl sites for hydroxylation is 2. The van der Waals surface area contributed by atoms with Crippen molar-refractivity contribution >= 4 is 16.0 Å². The molecular weight excluding hydrogens is 348 g/mol. The molecule has 6 nitrogen and oxygen atoms in total. The van der Waals surface area contributed by atoms with Gasteiger partial charge in [0.05, 0.1) is 4.90 Å². The van der Waals surface area contributed by atoms with Crippen LogP contribution in [0.4, 0.5) is 0 Å². The topological polar surface area (TPSA) is 82.6 Å². The van der Waals surface area contributed by atoms with Crippen molar-refractivity contribution in [3.8, 4) is 0 Å². The van der Waals surface area contributed by atoms with Crippen molar-refractivity contribution in [2.45, 2.75) is 31.8 Å². The number of aliphatic imine (C=N–C) groups is 1. The third kappa shape index (κ3) is 5.31. The fourth-order valence-corrected chi connectivity index (χ4v) is 3.26. The van der Waals surface area contributed by atoms with E-state index in [0.29, 0.717) is 19.0 Å². The summed E-state index contributed by atoms with van der Waals surface area (Å²) in [6.07, 6.45) is 0. The average molecular weight is 375 g/mol. The Hall–Kier alpha value is -2.38. The molecule has 0 saturated carbocycles. The van der Waals surface area contributed by atoms with Gasteiger partial charge >= 0.3 is 0 Å². The van der Waals surface area contributed by atoms with Crippen LogP contribution in [0.25, 0.3) is 0 Å². The molecule has 0 heterocycles. The Balaban J connectivity index is 1.92. The van der Waals surface area contributed by atoms with E-state index in [0.717, 1.165) is 5.56 Å². The molecule has 0 radical (unpaired) electrons. The third-order valence-electron chi connectivity index (χ3n) is 4.13. The standard InChI is InChI=1S/C19H26N4O2S/c1-14-5-8-17(15(2)11-14)13-23-19(20-3)22-12-16-6-9-18(10-7-16)26(24,25)21-4/h5-11,21H,12-13H2,1-4H3,(H2,20,22,23). The molecule has 0 aromatic heterocycles. The van der Waals surface area contributed by atoms with Gasteiger partial charge in [0.2, 0.25) is 10.0 Å². The Kier molecular flexibility index (Phi) is 6.76. The molecule has 3 N–H and O–H groups in total. The van der Waals surface area contributed by atoms with E-state index in [1.54, 1.807) is 31.3 Å². The Morgan fingerprint density at radius 3 is 2.23 bits per heavy atom. The third-order valence-corrected chi connectivity index (χ3v) is 5.56. The highest BCUT2D eigenvalue weighted by molar-refractivity contribution is 7.89. The van der Waals surface area contributed by atoms with Gasteiger partial charge in [-0.3, -0.25) is 4.99 Å². The Morgan fingerprint density at radius 2 is 1.65 bits per heavy atom. The second kappa shape index (κ2) is 8.82. The van der Waals surface area contributed by atoms with Gasteiger partial charge in [-0.1, -0.05) is 35.9 Å². The summed E-state index contributed by atoms with van der Waals surface area (Å²) in [5.74, 6) is 0.692. The van der Waals surface area contributed by atoms with Crippen molar-refractivity contribution < 1.29 is 8.42 Å². The first-order valence-electron chi connectivity index (χ1n) is 8.39. The van der Waals surface area contributed by atoms with Crippen molar-refractivity contribution in [2.24, 2.45) is 4.99 Å². The molecule has 0 unspecified atom stereocenters. The molecule has 0 amide bonds.